The number of aryl methyl sites for hydroxylation is 1. The van der Waals surface area contributed by atoms with Crippen LogP contribution in [-0.2, 0) is 4.74 Å². The van der Waals surface area contributed by atoms with E-state index < -0.39 is 0 Å². The van der Waals surface area contributed by atoms with Gasteiger partial charge in [-0.15, -0.1) is 0 Å². The molecule has 5 rings (SSSR count). The molecule has 0 spiro atoms. The topological polar surface area (TPSA) is 99.8 Å². The minimum Gasteiger partial charge on any atom is -0.484 e. The molecule has 1 saturated heterocycles. The lowest BCUT2D eigenvalue weighted by Crippen LogP contribution is -2.38. The van der Waals surface area contributed by atoms with Crippen molar-refractivity contribution in [2.24, 2.45) is 5.10 Å². The molecule has 1 N–H and O–H groups in total. The average molecular weight is 482 g/mol. The first-order valence-corrected chi connectivity index (χ1v) is 11.9. The number of carbonyl (C=O) groups excluding carboxylic acids is 1. The fourth-order valence-electron chi connectivity index (χ4n) is 4.16. The molecule has 1 amide bonds. The molecule has 2 aromatic carbocycles. The summed E-state index contributed by atoms with van der Waals surface area (Å²) in [5, 5.41) is 18.7. The zero-order chi connectivity index (χ0) is 25.1. The summed E-state index contributed by atoms with van der Waals surface area (Å²) in [5.74, 6) is 0.307. The number of hydrogen-bond donors (Lipinski definition) is 1. The predicted octanol–water partition coefficient (Wildman–Crippen LogP) is 4.64. The van der Waals surface area contributed by atoms with Crippen molar-refractivity contribution in [1.29, 1.82) is 5.26 Å². The van der Waals surface area contributed by atoms with Crippen LogP contribution < -0.4 is 15.1 Å². The van der Waals surface area contributed by atoms with Crippen molar-refractivity contribution in [3.63, 3.8) is 0 Å². The maximum absolute atomic E-state index is 12.9. The van der Waals surface area contributed by atoms with Gasteiger partial charge in [-0.2, -0.15) is 10.4 Å². The van der Waals surface area contributed by atoms with E-state index in [4.69, 9.17) is 9.47 Å². The van der Waals surface area contributed by atoms with Crippen molar-refractivity contribution in [3.8, 4) is 11.8 Å². The zero-order valence-electron chi connectivity index (χ0n) is 20.2. The Hall–Kier alpha value is -4.22. The van der Waals surface area contributed by atoms with Crippen LogP contribution in [0.1, 0.15) is 45.8 Å². The molecular formula is C28H27N5O3. The number of pyridine rings is 1. The number of nitrogens with one attached hydrogen (secondary N) is 1. The van der Waals surface area contributed by atoms with Gasteiger partial charge in [0.15, 0.2) is 0 Å². The van der Waals surface area contributed by atoms with Crippen LogP contribution >= 0.6 is 0 Å². The number of rotatable bonds is 7. The van der Waals surface area contributed by atoms with Gasteiger partial charge in [-0.1, -0.05) is 18.2 Å². The summed E-state index contributed by atoms with van der Waals surface area (Å²) in [7, 11) is 0. The van der Waals surface area contributed by atoms with E-state index in [2.05, 4.69) is 21.5 Å². The normalized spacial score (nSPS) is 17.8. The molecular weight excluding hydrogens is 454 g/mol. The van der Waals surface area contributed by atoms with E-state index in [0.29, 0.717) is 31.0 Å². The van der Waals surface area contributed by atoms with Crippen molar-refractivity contribution < 1.29 is 14.3 Å². The Morgan fingerprint density at radius 2 is 2.08 bits per heavy atom. The van der Waals surface area contributed by atoms with Crippen LogP contribution in [0.4, 0.5) is 11.4 Å². The van der Waals surface area contributed by atoms with E-state index in [0.717, 1.165) is 28.1 Å². The molecule has 1 fully saturated rings. The molecule has 0 radical (unpaired) electrons. The molecule has 0 bridgehead atoms. The highest BCUT2D eigenvalue weighted by molar-refractivity contribution is 6.04. The fourth-order valence-corrected chi connectivity index (χ4v) is 4.16. The van der Waals surface area contributed by atoms with Gasteiger partial charge in [-0.25, -0.2) is 0 Å². The molecule has 3 aromatic rings. The third-order valence-corrected chi connectivity index (χ3v) is 6.42. The van der Waals surface area contributed by atoms with E-state index in [-0.39, 0.29) is 23.8 Å². The number of carbonyl (C=O) groups is 1. The van der Waals surface area contributed by atoms with Crippen molar-refractivity contribution in [2.75, 3.05) is 30.1 Å². The Bertz CT molecular complexity index is 1350. The van der Waals surface area contributed by atoms with Gasteiger partial charge < -0.3 is 14.8 Å². The molecule has 2 unspecified atom stereocenters. The highest BCUT2D eigenvalue weighted by Crippen LogP contribution is 2.31. The quantitative estimate of drug-likeness (QED) is 0.528. The van der Waals surface area contributed by atoms with Crippen LogP contribution in [0.15, 0.2) is 66.0 Å². The smallest absolute Gasteiger partial charge is 0.255 e. The fraction of sp³-hybridized carbons (Fsp3) is 0.286. The molecule has 8 nitrogen and oxygen atoms in total. The van der Waals surface area contributed by atoms with E-state index in [1.165, 1.54) is 0 Å². The van der Waals surface area contributed by atoms with Crippen molar-refractivity contribution in [2.45, 2.75) is 31.8 Å². The first kappa shape index (κ1) is 23.5. The highest BCUT2D eigenvalue weighted by Gasteiger charge is 2.24. The first-order chi connectivity index (χ1) is 17.5. The lowest BCUT2D eigenvalue weighted by molar-refractivity contribution is -0.0798. The first-order valence-electron chi connectivity index (χ1n) is 11.9. The third kappa shape index (κ3) is 5.07. The van der Waals surface area contributed by atoms with Crippen LogP contribution in [0, 0.1) is 18.3 Å². The molecule has 0 aliphatic carbocycles. The molecule has 2 atom stereocenters. The van der Waals surface area contributed by atoms with Gasteiger partial charge in [0.05, 0.1) is 43.6 Å². The Balaban J connectivity index is 1.28. The molecule has 2 aliphatic heterocycles. The summed E-state index contributed by atoms with van der Waals surface area (Å²) >= 11 is 0. The number of hydrogen-bond acceptors (Lipinski definition) is 7. The van der Waals surface area contributed by atoms with Gasteiger partial charge in [0, 0.05) is 29.6 Å². The summed E-state index contributed by atoms with van der Waals surface area (Å²) in [5.41, 5.74) is 5.02. The van der Waals surface area contributed by atoms with Gasteiger partial charge in [-0.3, -0.25) is 14.8 Å². The van der Waals surface area contributed by atoms with Crippen LogP contribution in [0.3, 0.4) is 0 Å². The molecule has 8 heteroatoms. The minimum absolute atomic E-state index is 0.0706. The Morgan fingerprint density at radius 1 is 1.22 bits per heavy atom. The standard InChI is InChI=1S/C28H27N5O3/c1-18-6-7-24(32-28(34)21-5-3-4-20(8-21)19(2)11-29)10-27(18)33-15-23(13-31-33)22-9-25(14-30-12-22)36-26-16-35-17-26/h3-10,12-14,19,23,26H,15-17H2,1-2H3,(H,32,34). The lowest BCUT2D eigenvalue weighted by Gasteiger charge is -2.26. The van der Waals surface area contributed by atoms with Crippen LogP contribution in [-0.4, -0.2) is 43.0 Å². The van der Waals surface area contributed by atoms with E-state index in [1.54, 1.807) is 24.4 Å². The Labute approximate surface area is 210 Å². The third-order valence-electron chi connectivity index (χ3n) is 6.42. The Kier molecular flexibility index (Phi) is 6.65. The second-order valence-corrected chi connectivity index (χ2v) is 9.12. The summed E-state index contributed by atoms with van der Waals surface area (Å²) in [6.07, 6.45) is 5.57. The van der Waals surface area contributed by atoms with E-state index >= 15 is 0 Å². The number of benzene rings is 2. The summed E-state index contributed by atoms with van der Waals surface area (Å²) in [6.45, 7) is 5.71. The number of nitriles is 1. The predicted molar refractivity (Wildman–Crippen MR) is 138 cm³/mol. The number of anilines is 2. The van der Waals surface area contributed by atoms with Crippen LogP contribution in [0.25, 0.3) is 0 Å². The summed E-state index contributed by atoms with van der Waals surface area (Å²) < 4.78 is 11.1. The monoisotopic (exact) mass is 481 g/mol. The molecule has 1 aromatic heterocycles. The molecule has 3 heterocycles. The second-order valence-electron chi connectivity index (χ2n) is 9.12. The largest absolute Gasteiger partial charge is 0.484 e. The maximum atomic E-state index is 12.9. The maximum Gasteiger partial charge on any atom is 0.255 e. The van der Waals surface area contributed by atoms with Crippen molar-refractivity contribution in [1.82, 2.24) is 4.98 Å². The molecule has 36 heavy (non-hydrogen) atoms. The van der Waals surface area contributed by atoms with E-state index in [1.807, 2.05) is 61.6 Å². The lowest BCUT2D eigenvalue weighted by atomic mass is 10.00. The van der Waals surface area contributed by atoms with Crippen LogP contribution in [0.2, 0.25) is 0 Å². The van der Waals surface area contributed by atoms with Crippen LogP contribution in [0.5, 0.6) is 5.75 Å². The average Bonchev–Trinajstić information content (AvgIpc) is 3.37. The van der Waals surface area contributed by atoms with Crippen molar-refractivity contribution >= 4 is 23.5 Å². The Morgan fingerprint density at radius 3 is 2.86 bits per heavy atom. The number of amides is 1. The summed E-state index contributed by atoms with van der Waals surface area (Å²) in [6, 6.07) is 17.2. The van der Waals surface area contributed by atoms with Gasteiger partial charge >= 0.3 is 0 Å². The number of ether oxygens (including phenoxy) is 2. The second kappa shape index (κ2) is 10.2. The molecule has 0 saturated carbocycles. The van der Waals surface area contributed by atoms with Crippen molar-refractivity contribution in [3.05, 3.63) is 83.2 Å². The van der Waals surface area contributed by atoms with Gasteiger partial charge in [-0.05, 0) is 60.9 Å². The number of hydrazone groups is 1. The van der Waals surface area contributed by atoms with Gasteiger partial charge in [0.1, 0.15) is 11.9 Å². The number of nitrogens with zero attached hydrogens (tertiary/aromatic N) is 4. The van der Waals surface area contributed by atoms with Gasteiger partial charge in [0.25, 0.3) is 5.91 Å². The van der Waals surface area contributed by atoms with E-state index in [9.17, 15) is 10.1 Å². The van der Waals surface area contributed by atoms with Gasteiger partial charge in [0.2, 0.25) is 0 Å². The summed E-state index contributed by atoms with van der Waals surface area (Å²) in [4.78, 5) is 17.2. The SMILES string of the molecule is Cc1ccc(NC(=O)c2cccc(C(C)C#N)c2)cc1N1CC(c2cncc(OC3COC3)c2)C=N1. The highest BCUT2D eigenvalue weighted by atomic mass is 16.6. The number of aromatic nitrogens is 1. The molecule has 2 aliphatic rings. The minimum atomic E-state index is -0.278. The zero-order valence-corrected chi connectivity index (χ0v) is 20.2. The molecule has 182 valence electrons.